The standard InChI is InChI=1S/C12H15N3O2/c1-4-17-12(16)8(3)10-14-9-7(2)5-6-13-11(9)15-10/h5-6,8H,4H2,1-3H3,(H,13,14,15). The van der Waals surface area contributed by atoms with E-state index < -0.39 is 5.92 Å². The molecule has 2 aromatic rings. The third-order valence-electron chi connectivity index (χ3n) is 2.67. The van der Waals surface area contributed by atoms with Crippen LogP contribution < -0.4 is 0 Å². The molecule has 2 rings (SSSR count). The second-order valence-electron chi connectivity index (χ2n) is 3.92. The van der Waals surface area contributed by atoms with Gasteiger partial charge in [0, 0.05) is 6.20 Å². The third-order valence-corrected chi connectivity index (χ3v) is 2.67. The van der Waals surface area contributed by atoms with E-state index in [4.69, 9.17) is 4.74 Å². The summed E-state index contributed by atoms with van der Waals surface area (Å²) in [7, 11) is 0. The Morgan fingerprint density at radius 3 is 3.00 bits per heavy atom. The van der Waals surface area contributed by atoms with Crippen molar-refractivity contribution in [2.45, 2.75) is 26.7 Å². The van der Waals surface area contributed by atoms with Crippen LogP contribution in [0, 0.1) is 6.92 Å². The van der Waals surface area contributed by atoms with Gasteiger partial charge < -0.3 is 9.72 Å². The second kappa shape index (κ2) is 4.53. The first-order valence-corrected chi connectivity index (χ1v) is 5.61. The van der Waals surface area contributed by atoms with Gasteiger partial charge in [-0.25, -0.2) is 9.97 Å². The molecule has 1 unspecified atom stereocenters. The lowest BCUT2D eigenvalue weighted by atomic mass is 10.2. The van der Waals surface area contributed by atoms with Crippen LogP contribution in [0.4, 0.5) is 0 Å². The van der Waals surface area contributed by atoms with Crippen molar-refractivity contribution in [2.75, 3.05) is 6.61 Å². The minimum atomic E-state index is -0.399. The van der Waals surface area contributed by atoms with E-state index in [0.717, 1.165) is 11.1 Å². The van der Waals surface area contributed by atoms with Gasteiger partial charge in [0.1, 0.15) is 11.7 Å². The highest BCUT2D eigenvalue weighted by molar-refractivity contribution is 5.80. The number of ether oxygens (including phenoxy) is 1. The zero-order valence-corrected chi connectivity index (χ0v) is 10.2. The van der Waals surface area contributed by atoms with Crippen LogP contribution in [0.3, 0.4) is 0 Å². The summed E-state index contributed by atoms with van der Waals surface area (Å²) in [6.07, 6.45) is 1.71. The molecule has 1 atom stereocenters. The summed E-state index contributed by atoms with van der Waals surface area (Å²) in [5.74, 6) is -0.0759. The summed E-state index contributed by atoms with van der Waals surface area (Å²) in [5, 5.41) is 0. The Bertz CT molecular complexity index is 548. The van der Waals surface area contributed by atoms with Crippen LogP contribution in [-0.2, 0) is 9.53 Å². The number of H-pyrrole nitrogens is 1. The summed E-state index contributed by atoms with van der Waals surface area (Å²) < 4.78 is 4.96. The zero-order valence-electron chi connectivity index (χ0n) is 10.2. The number of pyridine rings is 1. The predicted octanol–water partition coefficient (Wildman–Crippen LogP) is 1.93. The Morgan fingerprint density at radius 1 is 1.59 bits per heavy atom. The number of esters is 1. The Labute approximate surface area is 99.2 Å². The molecule has 0 amide bonds. The number of nitrogens with one attached hydrogen (secondary N) is 1. The van der Waals surface area contributed by atoms with E-state index in [1.54, 1.807) is 20.0 Å². The number of aromatic amines is 1. The highest BCUT2D eigenvalue weighted by Crippen LogP contribution is 2.19. The minimum absolute atomic E-state index is 0.274. The lowest BCUT2D eigenvalue weighted by molar-refractivity contribution is -0.144. The van der Waals surface area contributed by atoms with Crippen LogP contribution in [0.25, 0.3) is 11.2 Å². The van der Waals surface area contributed by atoms with Gasteiger partial charge in [0.05, 0.1) is 12.1 Å². The van der Waals surface area contributed by atoms with Crippen LogP contribution in [0.1, 0.15) is 31.2 Å². The molecule has 5 nitrogen and oxygen atoms in total. The van der Waals surface area contributed by atoms with Crippen molar-refractivity contribution in [1.29, 1.82) is 0 Å². The average Bonchev–Trinajstić information content (AvgIpc) is 2.73. The van der Waals surface area contributed by atoms with Crippen LogP contribution in [-0.4, -0.2) is 27.5 Å². The molecule has 0 aliphatic rings. The van der Waals surface area contributed by atoms with E-state index in [1.165, 1.54) is 0 Å². The van der Waals surface area contributed by atoms with Crippen molar-refractivity contribution in [2.24, 2.45) is 0 Å². The first-order chi connectivity index (χ1) is 8.13. The zero-order chi connectivity index (χ0) is 12.4. The first kappa shape index (κ1) is 11.6. The minimum Gasteiger partial charge on any atom is -0.465 e. The fourth-order valence-corrected chi connectivity index (χ4v) is 1.64. The highest BCUT2D eigenvalue weighted by atomic mass is 16.5. The summed E-state index contributed by atoms with van der Waals surface area (Å²) >= 11 is 0. The van der Waals surface area contributed by atoms with Gasteiger partial charge >= 0.3 is 5.97 Å². The number of hydrogen-bond acceptors (Lipinski definition) is 4. The monoisotopic (exact) mass is 233 g/mol. The second-order valence-corrected chi connectivity index (χ2v) is 3.92. The smallest absolute Gasteiger partial charge is 0.316 e. The van der Waals surface area contributed by atoms with E-state index in [-0.39, 0.29) is 5.97 Å². The molecule has 90 valence electrons. The Kier molecular flexibility index (Phi) is 3.08. The van der Waals surface area contributed by atoms with Crippen LogP contribution in [0.5, 0.6) is 0 Å². The molecule has 0 aliphatic carbocycles. The summed E-state index contributed by atoms with van der Waals surface area (Å²) in [5.41, 5.74) is 2.57. The predicted molar refractivity (Wildman–Crippen MR) is 63.7 cm³/mol. The molecule has 0 radical (unpaired) electrons. The molecule has 5 heteroatoms. The summed E-state index contributed by atoms with van der Waals surface area (Å²) in [4.78, 5) is 23.2. The van der Waals surface area contributed by atoms with Crippen molar-refractivity contribution < 1.29 is 9.53 Å². The number of nitrogens with zero attached hydrogens (tertiary/aromatic N) is 2. The molecule has 17 heavy (non-hydrogen) atoms. The molecular weight excluding hydrogens is 218 g/mol. The maximum atomic E-state index is 11.6. The normalized spacial score (nSPS) is 12.6. The number of aromatic nitrogens is 3. The topological polar surface area (TPSA) is 67.9 Å². The van der Waals surface area contributed by atoms with E-state index in [2.05, 4.69) is 15.0 Å². The lowest BCUT2D eigenvalue weighted by Gasteiger charge is -2.06. The van der Waals surface area contributed by atoms with E-state index in [1.807, 2.05) is 13.0 Å². The van der Waals surface area contributed by atoms with Gasteiger partial charge in [0.15, 0.2) is 5.65 Å². The van der Waals surface area contributed by atoms with Crippen molar-refractivity contribution in [3.8, 4) is 0 Å². The van der Waals surface area contributed by atoms with Gasteiger partial charge in [0.2, 0.25) is 0 Å². The van der Waals surface area contributed by atoms with Gasteiger partial charge in [-0.15, -0.1) is 0 Å². The molecule has 0 aromatic carbocycles. The van der Waals surface area contributed by atoms with Gasteiger partial charge in [-0.2, -0.15) is 0 Å². The number of fused-ring (bicyclic) bond motifs is 1. The van der Waals surface area contributed by atoms with Crippen molar-refractivity contribution in [3.63, 3.8) is 0 Å². The van der Waals surface area contributed by atoms with Crippen molar-refractivity contribution in [3.05, 3.63) is 23.7 Å². The van der Waals surface area contributed by atoms with Crippen LogP contribution in [0.15, 0.2) is 12.3 Å². The van der Waals surface area contributed by atoms with Crippen molar-refractivity contribution >= 4 is 17.1 Å². The maximum absolute atomic E-state index is 11.6. The number of hydrogen-bond donors (Lipinski definition) is 1. The number of aryl methyl sites for hydroxylation is 1. The van der Waals surface area contributed by atoms with E-state index in [9.17, 15) is 4.79 Å². The quantitative estimate of drug-likeness (QED) is 0.822. The molecular formula is C12H15N3O2. The summed E-state index contributed by atoms with van der Waals surface area (Å²) in [6, 6.07) is 1.90. The molecule has 0 fully saturated rings. The SMILES string of the molecule is CCOC(=O)C(C)c1nc2nccc(C)c2[nH]1. The van der Waals surface area contributed by atoms with Gasteiger partial charge in [-0.3, -0.25) is 4.79 Å². The van der Waals surface area contributed by atoms with Gasteiger partial charge in [-0.1, -0.05) is 0 Å². The highest BCUT2D eigenvalue weighted by Gasteiger charge is 2.20. The Hall–Kier alpha value is -1.91. The van der Waals surface area contributed by atoms with Crippen LogP contribution in [0.2, 0.25) is 0 Å². The fourth-order valence-electron chi connectivity index (χ4n) is 1.64. The van der Waals surface area contributed by atoms with Gasteiger partial charge in [-0.05, 0) is 32.4 Å². The maximum Gasteiger partial charge on any atom is 0.316 e. The number of carbonyl (C=O) groups is 1. The number of imidazole rings is 1. The number of carbonyl (C=O) groups excluding carboxylic acids is 1. The third kappa shape index (κ3) is 2.13. The largest absolute Gasteiger partial charge is 0.465 e. The lowest BCUT2D eigenvalue weighted by Crippen LogP contribution is -2.14. The molecule has 0 saturated heterocycles. The molecule has 0 aliphatic heterocycles. The molecule has 2 heterocycles. The average molecular weight is 233 g/mol. The molecule has 2 aromatic heterocycles. The molecule has 0 saturated carbocycles. The Morgan fingerprint density at radius 2 is 2.35 bits per heavy atom. The first-order valence-electron chi connectivity index (χ1n) is 5.61. The van der Waals surface area contributed by atoms with Gasteiger partial charge in [0.25, 0.3) is 0 Å². The molecule has 0 spiro atoms. The molecule has 0 bridgehead atoms. The van der Waals surface area contributed by atoms with E-state index >= 15 is 0 Å². The molecule has 1 N–H and O–H groups in total. The van der Waals surface area contributed by atoms with E-state index in [0.29, 0.717) is 18.1 Å². The fraction of sp³-hybridized carbons (Fsp3) is 0.417. The number of rotatable bonds is 3. The van der Waals surface area contributed by atoms with Crippen molar-refractivity contribution in [1.82, 2.24) is 15.0 Å². The van der Waals surface area contributed by atoms with Crippen LogP contribution >= 0.6 is 0 Å². The Balaban J connectivity index is 2.36. The summed E-state index contributed by atoms with van der Waals surface area (Å²) in [6.45, 7) is 5.90.